The fourth-order valence-electron chi connectivity index (χ4n) is 0.515. The lowest BCUT2D eigenvalue weighted by molar-refractivity contribution is 0.114. The van der Waals surface area contributed by atoms with Crippen molar-refractivity contribution in [1.82, 2.24) is 0 Å². The highest BCUT2D eigenvalue weighted by Gasteiger charge is 1.85. The monoisotopic (exact) mass is 192 g/mol. The van der Waals surface area contributed by atoms with Crippen molar-refractivity contribution in [3.8, 4) is 0 Å². The van der Waals surface area contributed by atoms with E-state index in [4.69, 9.17) is 14.9 Å². The lowest BCUT2D eigenvalue weighted by atomic mass is 10.4. The molecule has 3 heteroatoms. The van der Waals surface area contributed by atoms with Gasteiger partial charge < -0.3 is 14.9 Å². The number of aliphatic hydroxyl groups is 2. The SMILES string of the molecule is CC(C)O.CCCCOCCCO. The van der Waals surface area contributed by atoms with Gasteiger partial charge in [-0.2, -0.15) is 0 Å². The summed E-state index contributed by atoms with van der Waals surface area (Å²) in [5, 5.41) is 16.4. The first-order valence-electron chi connectivity index (χ1n) is 5.01. The van der Waals surface area contributed by atoms with Gasteiger partial charge in [0.1, 0.15) is 0 Å². The first kappa shape index (κ1) is 15.4. The molecule has 82 valence electrons. The van der Waals surface area contributed by atoms with E-state index < -0.39 is 0 Å². The second-order valence-corrected chi connectivity index (χ2v) is 3.14. The van der Waals surface area contributed by atoms with E-state index in [1.165, 1.54) is 6.42 Å². The zero-order valence-electron chi connectivity index (χ0n) is 9.12. The molecule has 0 unspecified atom stereocenters. The summed E-state index contributed by atoms with van der Waals surface area (Å²) in [6.07, 6.45) is 2.91. The molecular weight excluding hydrogens is 168 g/mol. The van der Waals surface area contributed by atoms with E-state index in [1.807, 2.05) is 0 Å². The Kier molecular flexibility index (Phi) is 17.0. The lowest BCUT2D eigenvalue weighted by Gasteiger charge is -1.99. The molecular formula is C10H24O3. The Bertz CT molecular complexity index is 65.8. The molecule has 0 saturated carbocycles. The standard InChI is InChI=1S/C7H16O2.C3H8O/c1-2-3-6-9-7-4-5-8;1-3(2)4/h8H,2-7H2,1H3;3-4H,1-2H3. The molecule has 0 aliphatic carbocycles. The van der Waals surface area contributed by atoms with Gasteiger partial charge in [0.15, 0.2) is 0 Å². The molecule has 0 aromatic carbocycles. The molecule has 0 rings (SSSR count). The van der Waals surface area contributed by atoms with Crippen LogP contribution in [-0.2, 0) is 4.74 Å². The van der Waals surface area contributed by atoms with Crippen LogP contribution in [0.15, 0.2) is 0 Å². The average molecular weight is 192 g/mol. The fourth-order valence-corrected chi connectivity index (χ4v) is 0.515. The number of aliphatic hydroxyl groups excluding tert-OH is 2. The third-order valence-electron chi connectivity index (χ3n) is 1.09. The smallest absolute Gasteiger partial charge is 0.0487 e. The first-order chi connectivity index (χ1) is 6.15. The van der Waals surface area contributed by atoms with Gasteiger partial charge in [0.25, 0.3) is 0 Å². The number of hydrogen-bond acceptors (Lipinski definition) is 3. The minimum atomic E-state index is -0.167. The van der Waals surface area contributed by atoms with E-state index in [2.05, 4.69) is 6.92 Å². The van der Waals surface area contributed by atoms with Crippen molar-refractivity contribution in [2.75, 3.05) is 19.8 Å². The molecule has 0 saturated heterocycles. The summed E-state index contributed by atoms with van der Waals surface area (Å²) in [7, 11) is 0. The van der Waals surface area contributed by atoms with Crippen molar-refractivity contribution in [1.29, 1.82) is 0 Å². The average Bonchev–Trinajstić information content (AvgIpc) is 2.03. The summed E-state index contributed by atoms with van der Waals surface area (Å²) in [6, 6.07) is 0. The van der Waals surface area contributed by atoms with Gasteiger partial charge >= 0.3 is 0 Å². The molecule has 0 aliphatic rings. The maximum Gasteiger partial charge on any atom is 0.0487 e. The van der Waals surface area contributed by atoms with Gasteiger partial charge in [0, 0.05) is 25.9 Å². The van der Waals surface area contributed by atoms with Gasteiger partial charge in [-0.25, -0.2) is 0 Å². The van der Waals surface area contributed by atoms with Crippen molar-refractivity contribution < 1.29 is 14.9 Å². The van der Waals surface area contributed by atoms with Gasteiger partial charge in [-0.1, -0.05) is 13.3 Å². The van der Waals surface area contributed by atoms with Crippen LogP contribution in [0, 0.1) is 0 Å². The Morgan fingerprint density at radius 1 is 1.15 bits per heavy atom. The van der Waals surface area contributed by atoms with Crippen molar-refractivity contribution in [3.05, 3.63) is 0 Å². The van der Waals surface area contributed by atoms with Crippen LogP contribution in [-0.4, -0.2) is 36.1 Å². The molecule has 0 fully saturated rings. The van der Waals surface area contributed by atoms with Gasteiger partial charge in [-0.15, -0.1) is 0 Å². The quantitative estimate of drug-likeness (QED) is 0.628. The highest BCUT2D eigenvalue weighted by Crippen LogP contribution is 1.88. The van der Waals surface area contributed by atoms with Crippen LogP contribution in [0.1, 0.15) is 40.0 Å². The summed E-state index contributed by atoms with van der Waals surface area (Å²) < 4.78 is 5.15. The largest absolute Gasteiger partial charge is 0.396 e. The minimum Gasteiger partial charge on any atom is -0.396 e. The Hall–Kier alpha value is -0.120. The first-order valence-corrected chi connectivity index (χ1v) is 5.01. The Balaban J connectivity index is 0. The molecule has 0 spiro atoms. The van der Waals surface area contributed by atoms with Crippen LogP contribution in [0.3, 0.4) is 0 Å². The van der Waals surface area contributed by atoms with E-state index in [1.54, 1.807) is 13.8 Å². The van der Waals surface area contributed by atoms with Crippen LogP contribution in [0.2, 0.25) is 0 Å². The number of hydrogen-bond donors (Lipinski definition) is 2. The highest BCUT2D eigenvalue weighted by atomic mass is 16.5. The molecule has 0 aliphatic heterocycles. The molecule has 0 heterocycles. The van der Waals surface area contributed by atoms with Crippen molar-refractivity contribution in [2.45, 2.75) is 46.1 Å². The minimum absolute atomic E-state index is 0.167. The van der Waals surface area contributed by atoms with Crippen LogP contribution in [0.4, 0.5) is 0 Å². The highest BCUT2D eigenvalue weighted by molar-refractivity contribution is 4.33. The van der Waals surface area contributed by atoms with Crippen molar-refractivity contribution in [2.24, 2.45) is 0 Å². The predicted octanol–water partition coefficient (Wildman–Crippen LogP) is 1.57. The molecule has 0 aromatic heterocycles. The third kappa shape index (κ3) is 33.5. The molecule has 0 atom stereocenters. The zero-order valence-corrected chi connectivity index (χ0v) is 9.12. The number of rotatable bonds is 6. The molecule has 0 radical (unpaired) electrons. The summed E-state index contributed by atoms with van der Waals surface area (Å²) in [6.45, 7) is 7.37. The second kappa shape index (κ2) is 14.4. The van der Waals surface area contributed by atoms with Crippen LogP contribution >= 0.6 is 0 Å². The maximum atomic E-state index is 8.34. The van der Waals surface area contributed by atoms with E-state index in [0.717, 1.165) is 19.4 Å². The van der Waals surface area contributed by atoms with E-state index in [9.17, 15) is 0 Å². The third-order valence-corrected chi connectivity index (χ3v) is 1.09. The van der Waals surface area contributed by atoms with Gasteiger partial charge in [0.05, 0.1) is 0 Å². The summed E-state index contributed by atoms with van der Waals surface area (Å²) in [4.78, 5) is 0. The molecule has 0 aromatic rings. The zero-order chi connectivity index (χ0) is 10.5. The molecule has 13 heavy (non-hydrogen) atoms. The fraction of sp³-hybridized carbons (Fsp3) is 1.00. The van der Waals surface area contributed by atoms with E-state index in [-0.39, 0.29) is 12.7 Å². The maximum absolute atomic E-state index is 8.34. The molecule has 2 N–H and O–H groups in total. The van der Waals surface area contributed by atoms with E-state index >= 15 is 0 Å². The van der Waals surface area contributed by atoms with Crippen molar-refractivity contribution in [3.63, 3.8) is 0 Å². The Morgan fingerprint density at radius 2 is 1.62 bits per heavy atom. The lowest BCUT2D eigenvalue weighted by Crippen LogP contribution is -1.98. The summed E-state index contributed by atoms with van der Waals surface area (Å²) >= 11 is 0. The molecule has 3 nitrogen and oxygen atoms in total. The van der Waals surface area contributed by atoms with Crippen LogP contribution in [0.25, 0.3) is 0 Å². The predicted molar refractivity (Wildman–Crippen MR) is 54.8 cm³/mol. The Labute approximate surface area is 81.7 Å². The second-order valence-electron chi connectivity index (χ2n) is 3.14. The van der Waals surface area contributed by atoms with Crippen LogP contribution < -0.4 is 0 Å². The normalized spacial score (nSPS) is 9.69. The topological polar surface area (TPSA) is 49.7 Å². The van der Waals surface area contributed by atoms with E-state index in [0.29, 0.717) is 6.61 Å². The molecule has 0 amide bonds. The van der Waals surface area contributed by atoms with Gasteiger partial charge in [-0.05, 0) is 26.7 Å². The van der Waals surface area contributed by atoms with Crippen LogP contribution in [0.5, 0.6) is 0 Å². The number of unbranched alkanes of at least 4 members (excludes halogenated alkanes) is 1. The Morgan fingerprint density at radius 3 is 2.00 bits per heavy atom. The molecule has 0 bridgehead atoms. The van der Waals surface area contributed by atoms with Gasteiger partial charge in [-0.3, -0.25) is 0 Å². The van der Waals surface area contributed by atoms with Gasteiger partial charge in [0.2, 0.25) is 0 Å². The number of ether oxygens (including phenoxy) is 1. The summed E-state index contributed by atoms with van der Waals surface area (Å²) in [5.74, 6) is 0. The summed E-state index contributed by atoms with van der Waals surface area (Å²) in [5.41, 5.74) is 0. The van der Waals surface area contributed by atoms with Crippen molar-refractivity contribution >= 4 is 0 Å².